The molecule has 0 saturated carbocycles. The van der Waals surface area contributed by atoms with Gasteiger partial charge in [-0.15, -0.1) is 0 Å². The van der Waals surface area contributed by atoms with Crippen molar-refractivity contribution in [2.45, 2.75) is 52.9 Å². The lowest BCUT2D eigenvalue weighted by molar-refractivity contribution is 0.00772. The SMILES string of the molecule is CCCCCCOCCOCCOCC(C)CC. The van der Waals surface area contributed by atoms with Gasteiger partial charge in [0.1, 0.15) is 0 Å². The second-order valence-electron chi connectivity index (χ2n) is 4.87. The summed E-state index contributed by atoms with van der Waals surface area (Å²) in [6.07, 6.45) is 6.21. The monoisotopic (exact) mass is 260 g/mol. The fourth-order valence-corrected chi connectivity index (χ4v) is 1.47. The maximum atomic E-state index is 5.49. The van der Waals surface area contributed by atoms with Crippen LogP contribution in [0.5, 0.6) is 0 Å². The van der Waals surface area contributed by atoms with Crippen molar-refractivity contribution in [2.24, 2.45) is 5.92 Å². The summed E-state index contributed by atoms with van der Waals surface area (Å²) in [7, 11) is 0. The van der Waals surface area contributed by atoms with Crippen molar-refractivity contribution in [1.29, 1.82) is 0 Å². The minimum atomic E-state index is 0.649. The summed E-state index contributed by atoms with van der Waals surface area (Å²) in [6.45, 7) is 11.1. The third-order valence-corrected chi connectivity index (χ3v) is 2.99. The van der Waals surface area contributed by atoms with Crippen molar-refractivity contribution < 1.29 is 14.2 Å². The molecule has 0 N–H and O–H groups in total. The molecule has 3 nitrogen and oxygen atoms in total. The van der Waals surface area contributed by atoms with Crippen LogP contribution in [0.4, 0.5) is 0 Å². The van der Waals surface area contributed by atoms with Crippen LogP contribution in [0.3, 0.4) is 0 Å². The normalized spacial score (nSPS) is 12.8. The molecule has 0 heterocycles. The summed E-state index contributed by atoms with van der Waals surface area (Å²) in [4.78, 5) is 0. The standard InChI is InChI=1S/C15H32O3/c1-4-6-7-8-9-16-10-11-17-12-13-18-14-15(3)5-2/h15H,4-14H2,1-3H3. The quantitative estimate of drug-likeness (QED) is 0.446. The van der Waals surface area contributed by atoms with Gasteiger partial charge >= 0.3 is 0 Å². The molecule has 0 aliphatic heterocycles. The Labute approximate surface area is 113 Å². The topological polar surface area (TPSA) is 27.7 Å². The van der Waals surface area contributed by atoms with Gasteiger partial charge in [-0.2, -0.15) is 0 Å². The van der Waals surface area contributed by atoms with E-state index in [0.29, 0.717) is 32.3 Å². The predicted octanol–water partition coefficient (Wildman–Crippen LogP) is 3.66. The second kappa shape index (κ2) is 14.9. The molecule has 0 aromatic rings. The molecule has 110 valence electrons. The summed E-state index contributed by atoms with van der Waals surface area (Å²) in [6, 6.07) is 0. The highest BCUT2D eigenvalue weighted by atomic mass is 16.5. The highest BCUT2D eigenvalue weighted by Crippen LogP contribution is 2.00. The first-order valence-electron chi connectivity index (χ1n) is 7.54. The van der Waals surface area contributed by atoms with E-state index in [4.69, 9.17) is 14.2 Å². The largest absolute Gasteiger partial charge is 0.379 e. The van der Waals surface area contributed by atoms with Crippen molar-refractivity contribution in [2.75, 3.05) is 39.6 Å². The van der Waals surface area contributed by atoms with Gasteiger partial charge in [0.2, 0.25) is 0 Å². The Kier molecular flexibility index (Phi) is 14.8. The van der Waals surface area contributed by atoms with Gasteiger partial charge in [-0.25, -0.2) is 0 Å². The minimum Gasteiger partial charge on any atom is -0.379 e. The molecule has 3 heteroatoms. The Bertz CT molecular complexity index is 151. The molecule has 0 rings (SSSR count). The van der Waals surface area contributed by atoms with Crippen molar-refractivity contribution in [3.8, 4) is 0 Å². The first-order valence-corrected chi connectivity index (χ1v) is 7.54. The summed E-state index contributed by atoms with van der Waals surface area (Å²) in [5.74, 6) is 0.649. The Morgan fingerprint density at radius 2 is 1.33 bits per heavy atom. The molecular weight excluding hydrogens is 228 g/mol. The van der Waals surface area contributed by atoms with E-state index in [0.717, 1.165) is 13.2 Å². The maximum Gasteiger partial charge on any atom is 0.0701 e. The molecule has 0 radical (unpaired) electrons. The van der Waals surface area contributed by atoms with Gasteiger partial charge in [-0.1, -0.05) is 46.5 Å². The molecule has 18 heavy (non-hydrogen) atoms. The first kappa shape index (κ1) is 17.9. The molecular formula is C15H32O3. The molecule has 0 aliphatic carbocycles. The van der Waals surface area contributed by atoms with Gasteiger partial charge < -0.3 is 14.2 Å². The van der Waals surface area contributed by atoms with Crippen LogP contribution < -0.4 is 0 Å². The zero-order chi connectivity index (χ0) is 13.5. The number of hydrogen-bond donors (Lipinski definition) is 0. The molecule has 0 saturated heterocycles. The zero-order valence-electron chi connectivity index (χ0n) is 12.6. The van der Waals surface area contributed by atoms with Crippen LogP contribution in [0.1, 0.15) is 52.9 Å². The second-order valence-corrected chi connectivity index (χ2v) is 4.87. The van der Waals surface area contributed by atoms with Gasteiger partial charge in [-0.05, 0) is 12.3 Å². The fourth-order valence-electron chi connectivity index (χ4n) is 1.47. The van der Waals surface area contributed by atoms with Crippen LogP contribution in [-0.4, -0.2) is 39.6 Å². The van der Waals surface area contributed by atoms with Crippen molar-refractivity contribution in [1.82, 2.24) is 0 Å². The average molecular weight is 260 g/mol. The zero-order valence-corrected chi connectivity index (χ0v) is 12.6. The summed E-state index contributed by atoms with van der Waals surface area (Å²) in [5, 5.41) is 0. The Morgan fingerprint density at radius 1 is 0.722 bits per heavy atom. The van der Waals surface area contributed by atoms with Gasteiger partial charge in [0.05, 0.1) is 26.4 Å². The summed E-state index contributed by atoms with van der Waals surface area (Å²) >= 11 is 0. The fraction of sp³-hybridized carbons (Fsp3) is 1.00. The van der Waals surface area contributed by atoms with E-state index in [9.17, 15) is 0 Å². The number of ether oxygens (including phenoxy) is 3. The van der Waals surface area contributed by atoms with Gasteiger partial charge in [0, 0.05) is 13.2 Å². The lowest BCUT2D eigenvalue weighted by Crippen LogP contribution is -2.12. The van der Waals surface area contributed by atoms with Crippen molar-refractivity contribution in [3.05, 3.63) is 0 Å². The van der Waals surface area contributed by atoms with Crippen molar-refractivity contribution in [3.63, 3.8) is 0 Å². The molecule has 1 atom stereocenters. The molecule has 0 spiro atoms. The molecule has 0 fully saturated rings. The Hall–Kier alpha value is -0.120. The average Bonchev–Trinajstić information content (AvgIpc) is 2.39. The van der Waals surface area contributed by atoms with Gasteiger partial charge in [0.15, 0.2) is 0 Å². The van der Waals surface area contributed by atoms with Gasteiger partial charge in [0.25, 0.3) is 0 Å². The molecule has 0 bridgehead atoms. The van der Waals surface area contributed by atoms with Crippen LogP contribution >= 0.6 is 0 Å². The van der Waals surface area contributed by atoms with E-state index >= 15 is 0 Å². The highest BCUT2D eigenvalue weighted by Gasteiger charge is 1.97. The Balaban J connectivity index is 2.94. The Morgan fingerprint density at radius 3 is 1.94 bits per heavy atom. The molecule has 0 aliphatic rings. The van der Waals surface area contributed by atoms with E-state index in [1.165, 1.54) is 32.1 Å². The van der Waals surface area contributed by atoms with Gasteiger partial charge in [-0.3, -0.25) is 0 Å². The first-order chi connectivity index (χ1) is 8.81. The van der Waals surface area contributed by atoms with E-state index < -0.39 is 0 Å². The third kappa shape index (κ3) is 13.9. The van der Waals surface area contributed by atoms with Crippen LogP contribution in [-0.2, 0) is 14.2 Å². The third-order valence-electron chi connectivity index (χ3n) is 2.99. The summed E-state index contributed by atoms with van der Waals surface area (Å²) in [5.41, 5.74) is 0. The van der Waals surface area contributed by atoms with Crippen LogP contribution in [0.2, 0.25) is 0 Å². The van der Waals surface area contributed by atoms with E-state index in [-0.39, 0.29) is 0 Å². The molecule has 0 amide bonds. The van der Waals surface area contributed by atoms with E-state index in [1.54, 1.807) is 0 Å². The van der Waals surface area contributed by atoms with Crippen molar-refractivity contribution >= 4 is 0 Å². The predicted molar refractivity (Wildman–Crippen MR) is 76.1 cm³/mol. The lowest BCUT2D eigenvalue weighted by Gasteiger charge is -2.09. The molecule has 0 aromatic carbocycles. The van der Waals surface area contributed by atoms with E-state index in [1.807, 2.05) is 0 Å². The van der Waals surface area contributed by atoms with E-state index in [2.05, 4.69) is 20.8 Å². The van der Waals surface area contributed by atoms with Crippen LogP contribution in [0.15, 0.2) is 0 Å². The highest BCUT2D eigenvalue weighted by molar-refractivity contribution is 4.46. The smallest absolute Gasteiger partial charge is 0.0701 e. The maximum absolute atomic E-state index is 5.49. The molecule has 0 aromatic heterocycles. The number of unbranched alkanes of at least 4 members (excludes halogenated alkanes) is 3. The lowest BCUT2D eigenvalue weighted by atomic mass is 10.1. The minimum absolute atomic E-state index is 0.649. The van der Waals surface area contributed by atoms with Crippen LogP contribution in [0, 0.1) is 5.92 Å². The summed E-state index contributed by atoms with van der Waals surface area (Å²) < 4.78 is 16.4. The number of hydrogen-bond acceptors (Lipinski definition) is 3. The van der Waals surface area contributed by atoms with Crippen LogP contribution in [0.25, 0.3) is 0 Å². The number of rotatable bonds is 14. The molecule has 1 unspecified atom stereocenters.